The van der Waals surface area contributed by atoms with Crippen LogP contribution in [-0.2, 0) is 37.0 Å². The predicted octanol–water partition coefficient (Wildman–Crippen LogP) is 1.43. The largest absolute Gasteiger partial charge is 0.479 e. The number of aliphatic carboxylic acids is 1. The van der Waals surface area contributed by atoms with E-state index in [1.807, 2.05) is 48.5 Å². The van der Waals surface area contributed by atoms with Crippen molar-refractivity contribution in [2.45, 2.75) is 56.9 Å². The van der Waals surface area contributed by atoms with E-state index in [-0.39, 0.29) is 13.2 Å². The number of benzene rings is 2. The van der Waals surface area contributed by atoms with Gasteiger partial charge in [-0.1, -0.05) is 60.7 Å². The number of amides is 1. The molecule has 6 unspecified atom stereocenters. The third-order valence-corrected chi connectivity index (χ3v) is 5.32. The summed E-state index contributed by atoms with van der Waals surface area (Å²) in [5.74, 6) is -1.26. The Labute approximate surface area is 197 Å². The first-order chi connectivity index (χ1) is 16.4. The zero-order valence-electron chi connectivity index (χ0n) is 18.7. The molecule has 1 aliphatic rings. The lowest BCUT2D eigenvalue weighted by Gasteiger charge is -2.44. The lowest BCUT2D eigenvalue weighted by atomic mass is 9.96. The molecule has 3 rings (SSSR count). The molecule has 184 valence electrons. The van der Waals surface area contributed by atoms with Gasteiger partial charge < -0.3 is 39.6 Å². The van der Waals surface area contributed by atoms with E-state index in [0.29, 0.717) is 0 Å². The fourth-order valence-electron chi connectivity index (χ4n) is 3.47. The van der Waals surface area contributed by atoms with E-state index in [2.05, 4.69) is 5.32 Å². The number of nitrogens with one attached hydrogen (secondary N) is 1. The third kappa shape index (κ3) is 6.99. The Balaban J connectivity index is 1.77. The van der Waals surface area contributed by atoms with Gasteiger partial charge in [-0.15, -0.1) is 0 Å². The average Bonchev–Trinajstić information content (AvgIpc) is 2.85. The first-order valence-corrected chi connectivity index (χ1v) is 10.8. The van der Waals surface area contributed by atoms with Gasteiger partial charge in [0.05, 0.1) is 13.2 Å². The van der Waals surface area contributed by atoms with Gasteiger partial charge in [-0.3, -0.25) is 0 Å². The van der Waals surface area contributed by atoms with Gasteiger partial charge in [0.1, 0.15) is 31.0 Å². The summed E-state index contributed by atoms with van der Waals surface area (Å²) in [7, 11) is 0. The van der Waals surface area contributed by atoms with Crippen LogP contribution in [0.15, 0.2) is 60.7 Å². The van der Waals surface area contributed by atoms with Crippen molar-refractivity contribution in [1.29, 1.82) is 0 Å². The second kappa shape index (κ2) is 12.4. The summed E-state index contributed by atoms with van der Waals surface area (Å²) in [6.45, 7) is 0.814. The summed E-state index contributed by atoms with van der Waals surface area (Å²) in [6, 6.07) is 17.1. The number of carbonyl (C=O) groups excluding carboxylic acids is 1. The molecule has 1 aliphatic heterocycles. The minimum Gasteiger partial charge on any atom is -0.479 e. The van der Waals surface area contributed by atoms with Gasteiger partial charge in [-0.25, -0.2) is 9.59 Å². The van der Waals surface area contributed by atoms with Crippen LogP contribution >= 0.6 is 0 Å². The number of hydrogen-bond acceptors (Lipinski definition) is 8. The highest BCUT2D eigenvalue weighted by molar-refractivity contribution is 5.71. The predicted molar refractivity (Wildman–Crippen MR) is 119 cm³/mol. The Morgan fingerprint density at radius 2 is 1.62 bits per heavy atom. The van der Waals surface area contributed by atoms with E-state index in [9.17, 15) is 24.9 Å². The Kier molecular flexibility index (Phi) is 9.37. The van der Waals surface area contributed by atoms with Crippen molar-refractivity contribution >= 4 is 12.1 Å². The lowest BCUT2D eigenvalue weighted by molar-refractivity contribution is -0.283. The summed E-state index contributed by atoms with van der Waals surface area (Å²) in [6.07, 6.45) is -7.14. The van der Waals surface area contributed by atoms with Crippen LogP contribution in [0.2, 0.25) is 0 Å². The highest BCUT2D eigenvalue weighted by Crippen LogP contribution is 2.26. The van der Waals surface area contributed by atoms with E-state index in [1.165, 1.54) is 6.92 Å². The SMILES string of the molecule is CC(OC1C(O)C(CO)OC(OCc2ccccc2)C1NC(=O)OCc1ccccc1)C(=O)O. The van der Waals surface area contributed by atoms with Crippen molar-refractivity contribution in [2.75, 3.05) is 6.61 Å². The number of aliphatic hydroxyl groups is 2. The molecule has 34 heavy (non-hydrogen) atoms. The van der Waals surface area contributed by atoms with E-state index in [4.69, 9.17) is 18.9 Å². The number of carbonyl (C=O) groups is 2. The standard InChI is InChI=1S/C24H29NO9/c1-15(22(28)29)33-21-19(25-24(30)32-14-17-10-6-3-7-11-17)23(34-18(12-26)20(21)27)31-13-16-8-4-2-5-9-16/h2-11,15,18-21,23,26-27H,12-14H2,1H3,(H,25,30)(H,28,29). The van der Waals surface area contributed by atoms with Gasteiger partial charge in [0.25, 0.3) is 0 Å². The molecule has 0 spiro atoms. The minimum absolute atomic E-state index is 0.00530. The summed E-state index contributed by atoms with van der Waals surface area (Å²) in [5.41, 5.74) is 1.58. The molecular weight excluding hydrogens is 446 g/mol. The normalized spacial score (nSPS) is 25.3. The van der Waals surface area contributed by atoms with Crippen molar-refractivity contribution in [2.24, 2.45) is 0 Å². The van der Waals surface area contributed by atoms with Gasteiger partial charge in [0.15, 0.2) is 12.4 Å². The van der Waals surface area contributed by atoms with Crippen LogP contribution in [-0.4, -0.2) is 70.7 Å². The number of rotatable bonds is 10. The van der Waals surface area contributed by atoms with Crippen LogP contribution in [0.3, 0.4) is 0 Å². The van der Waals surface area contributed by atoms with Crippen molar-refractivity contribution in [3.05, 3.63) is 71.8 Å². The topological polar surface area (TPSA) is 144 Å². The smallest absolute Gasteiger partial charge is 0.407 e. The summed E-state index contributed by atoms with van der Waals surface area (Å²) in [5, 5.41) is 32.2. The summed E-state index contributed by atoms with van der Waals surface area (Å²) < 4.78 is 22.4. The monoisotopic (exact) mass is 475 g/mol. The zero-order valence-corrected chi connectivity index (χ0v) is 18.7. The zero-order chi connectivity index (χ0) is 24.5. The molecule has 0 saturated carbocycles. The van der Waals surface area contributed by atoms with Crippen LogP contribution < -0.4 is 5.32 Å². The van der Waals surface area contributed by atoms with Gasteiger partial charge >= 0.3 is 12.1 Å². The van der Waals surface area contributed by atoms with Crippen molar-refractivity contribution < 1.29 is 43.9 Å². The van der Waals surface area contributed by atoms with Crippen LogP contribution in [0.1, 0.15) is 18.1 Å². The quantitative estimate of drug-likeness (QED) is 0.401. The third-order valence-electron chi connectivity index (χ3n) is 5.32. The first kappa shape index (κ1) is 25.6. The summed E-state index contributed by atoms with van der Waals surface area (Å²) in [4.78, 5) is 24.0. The van der Waals surface area contributed by atoms with Crippen LogP contribution in [0.4, 0.5) is 4.79 Å². The number of ether oxygens (including phenoxy) is 4. The average molecular weight is 475 g/mol. The fourth-order valence-corrected chi connectivity index (χ4v) is 3.47. The van der Waals surface area contributed by atoms with E-state index in [1.54, 1.807) is 12.1 Å². The van der Waals surface area contributed by atoms with Crippen molar-refractivity contribution in [3.8, 4) is 0 Å². The highest BCUT2D eigenvalue weighted by Gasteiger charge is 2.48. The van der Waals surface area contributed by atoms with Gasteiger partial charge in [0.2, 0.25) is 0 Å². The minimum atomic E-state index is -1.44. The second-order valence-electron chi connectivity index (χ2n) is 7.83. The Bertz CT molecular complexity index is 911. The molecule has 6 atom stereocenters. The number of carboxylic acids is 1. The maximum absolute atomic E-state index is 12.6. The molecule has 0 radical (unpaired) electrons. The molecule has 0 aromatic heterocycles. The van der Waals surface area contributed by atoms with Crippen molar-refractivity contribution in [1.82, 2.24) is 5.32 Å². The van der Waals surface area contributed by atoms with Gasteiger partial charge in [-0.05, 0) is 18.1 Å². The maximum Gasteiger partial charge on any atom is 0.407 e. The lowest BCUT2D eigenvalue weighted by Crippen LogP contribution is -2.66. The molecule has 0 aliphatic carbocycles. The van der Waals surface area contributed by atoms with E-state index in [0.717, 1.165) is 11.1 Å². The Morgan fingerprint density at radius 3 is 2.18 bits per heavy atom. The molecule has 2 aromatic rings. The van der Waals surface area contributed by atoms with Gasteiger partial charge in [-0.2, -0.15) is 0 Å². The molecule has 10 heteroatoms. The van der Waals surface area contributed by atoms with Crippen LogP contribution in [0.25, 0.3) is 0 Å². The Morgan fingerprint density at radius 1 is 1.03 bits per heavy atom. The number of aliphatic hydroxyl groups excluding tert-OH is 2. The molecule has 1 fully saturated rings. The molecule has 4 N–H and O–H groups in total. The summed E-state index contributed by atoms with van der Waals surface area (Å²) >= 11 is 0. The first-order valence-electron chi connectivity index (χ1n) is 10.8. The molecule has 10 nitrogen and oxygen atoms in total. The second-order valence-corrected chi connectivity index (χ2v) is 7.83. The molecule has 0 bridgehead atoms. The number of carboxylic acid groups (broad SMARTS) is 1. The van der Waals surface area contributed by atoms with Gasteiger partial charge in [0, 0.05) is 0 Å². The molecule has 2 aromatic carbocycles. The maximum atomic E-state index is 12.6. The molecule has 1 heterocycles. The van der Waals surface area contributed by atoms with Crippen LogP contribution in [0.5, 0.6) is 0 Å². The Hall–Kier alpha value is -3.02. The number of hydrogen-bond donors (Lipinski definition) is 4. The molecule has 1 amide bonds. The van der Waals surface area contributed by atoms with E-state index < -0.39 is 55.4 Å². The molecule has 1 saturated heterocycles. The molecular formula is C24H29NO9. The highest BCUT2D eigenvalue weighted by atomic mass is 16.7. The van der Waals surface area contributed by atoms with E-state index >= 15 is 0 Å². The fraction of sp³-hybridized carbons (Fsp3) is 0.417. The van der Waals surface area contributed by atoms with Crippen LogP contribution in [0, 0.1) is 0 Å². The number of alkyl carbamates (subject to hydrolysis) is 1. The van der Waals surface area contributed by atoms with Crippen molar-refractivity contribution in [3.63, 3.8) is 0 Å².